The first-order valence-electron chi connectivity index (χ1n) is 3.14. The smallest absolute Gasteiger partial charge is 0.241 e. The van der Waals surface area contributed by atoms with Gasteiger partial charge in [0.2, 0.25) is 5.88 Å². The predicted octanol–water partition coefficient (Wildman–Crippen LogP) is 0.721. The van der Waals surface area contributed by atoms with Gasteiger partial charge in [-0.25, -0.2) is 4.98 Å². The minimum absolute atomic E-state index is 0.142. The summed E-state index contributed by atoms with van der Waals surface area (Å²) < 4.78 is 11.4. The van der Waals surface area contributed by atoms with Crippen LogP contribution in [-0.4, -0.2) is 17.1 Å². The molecule has 10 heavy (non-hydrogen) atoms. The maximum absolute atomic E-state index is 6.73. The van der Waals surface area contributed by atoms with Crippen LogP contribution in [0.15, 0.2) is 6.33 Å². The highest BCUT2D eigenvalue weighted by atomic mass is 35.5. The predicted molar refractivity (Wildman–Crippen MR) is 38.0 cm³/mol. The number of nitrogens with zero attached hydrogens (tertiary/aromatic N) is 2. The fourth-order valence-corrected chi connectivity index (χ4v) is 0.599. The van der Waals surface area contributed by atoms with Crippen LogP contribution in [0, 0.1) is 0 Å². The number of hydrogen-bond donors (Lipinski definition) is 1. The SMILES string of the molecule is [2H]COc1ncnc(Cl)c1N. The van der Waals surface area contributed by atoms with Crippen LogP contribution >= 0.6 is 11.6 Å². The fraction of sp³-hybridized carbons (Fsp3) is 0.200. The largest absolute Gasteiger partial charge is 0.479 e. The van der Waals surface area contributed by atoms with E-state index in [1.54, 1.807) is 0 Å². The molecular formula is C5H6ClN3O. The van der Waals surface area contributed by atoms with Crippen LogP contribution in [0.25, 0.3) is 0 Å². The third-order valence-electron chi connectivity index (χ3n) is 0.935. The Morgan fingerprint density at radius 1 is 1.80 bits per heavy atom. The van der Waals surface area contributed by atoms with Gasteiger partial charge in [0, 0.05) is 0 Å². The minimum Gasteiger partial charge on any atom is -0.479 e. The minimum atomic E-state index is -0.239. The molecule has 0 aliphatic heterocycles. The molecule has 1 rings (SSSR count). The summed E-state index contributed by atoms with van der Waals surface area (Å²) in [5.41, 5.74) is 5.57. The summed E-state index contributed by atoms with van der Waals surface area (Å²) in [6.45, 7) is 0. The van der Waals surface area contributed by atoms with Gasteiger partial charge in [0.05, 0.1) is 8.46 Å². The molecule has 0 bridgehead atoms. The summed E-state index contributed by atoms with van der Waals surface area (Å²) in [6.07, 6.45) is 1.23. The van der Waals surface area contributed by atoms with Gasteiger partial charge in [-0.15, -0.1) is 0 Å². The number of aromatic nitrogens is 2. The van der Waals surface area contributed by atoms with Crippen molar-refractivity contribution in [1.82, 2.24) is 9.97 Å². The molecule has 0 aliphatic carbocycles. The van der Waals surface area contributed by atoms with Crippen LogP contribution in [-0.2, 0) is 0 Å². The van der Waals surface area contributed by atoms with Gasteiger partial charge in [-0.2, -0.15) is 4.98 Å². The van der Waals surface area contributed by atoms with E-state index in [2.05, 4.69) is 9.97 Å². The quantitative estimate of drug-likeness (QED) is 0.615. The van der Waals surface area contributed by atoms with Crippen molar-refractivity contribution in [1.29, 1.82) is 0 Å². The molecule has 1 aromatic heterocycles. The summed E-state index contributed by atoms with van der Waals surface area (Å²) in [5.74, 6) is 0.153. The van der Waals surface area contributed by atoms with Crippen LogP contribution < -0.4 is 10.5 Å². The lowest BCUT2D eigenvalue weighted by Crippen LogP contribution is -1.96. The van der Waals surface area contributed by atoms with Gasteiger partial charge >= 0.3 is 0 Å². The van der Waals surface area contributed by atoms with E-state index in [4.69, 9.17) is 23.4 Å². The van der Waals surface area contributed by atoms with E-state index in [1.165, 1.54) is 6.33 Å². The first-order valence-corrected chi connectivity index (χ1v) is 2.81. The molecular weight excluding hydrogens is 154 g/mol. The Morgan fingerprint density at radius 3 is 3.30 bits per heavy atom. The van der Waals surface area contributed by atoms with E-state index in [-0.39, 0.29) is 23.8 Å². The van der Waals surface area contributed by atoms with Crippen molar-refractivity contribution in [2.24, 2.45) is 0 Å². The van der Waals surface area contributed by atoms with Crippen molar-refractivity contribution in [2.75, 3.05) is 12.8 Å². The molecule has 1 aromatic rings. The normalized spacial score (nSPS) is 10.7. The third kappa shape index (κ3) is 1.11. The number of nitrogens with two attached hydrogens (primary N) is 1. The number of rotatable bonds is 1. The second-order valence-corrected chi connectivity index (χ2v) is 1.89. The molecule has 54 valence electrons. The van der Waals surface area contributed by atoms with Crippen LogP contribution in [0.1, 0.15) is 1.37 Å². The lowest BCUT2D eigenvalue weighted by molar-refractivity contribution is 0.399. The summed E-state index contributed by atoms with van der Waals surface area (Å²) in [7, 11) is -0.239. The van der Waals surface area contributed by atoms with Crippen molar-refractivity contribution in [3.8, 4) is 5.88 Å². The topological polar surface area (TPSA) is 61.0 Å². The van der Waals surface area contributed by atoms with E-state index < -0.39 is 0 Å². The average molecular weight is 161 g/mol. The average Bonchev–Trinajstić information content (AvgIpc) is 1.99. The zero-order chi connectivity index (χ0) is 8.27. The summed E-state index contributed by atoms with van der Waals surface area (Å²) in [4.78, 5) is 7.28. The zero-order valence-corrected chi connectivity index (χ0v) is 5.80. The number of halogens is 1. The highest BCUT2D eigenvalue weighted by Crippen LogP contribution is 2.22. The van der Waals surface area contributed by atoms with E-state index in [9.17, 15) is 0 Å². The molecule has 2 N–H and O–H groups in total. The summed E-state index contributed by atoms with van der Waals surface area (Å²) in [6, 6.07) is 0. The first kappa shape index (κ1) is 5.73. The van der Waals surface area contributed by atoms with Crippen molar-refractivity contribution < 1.29 is 6.11 Å². The number of nitrogen functional groups attached to an aromatic ring is 1. The van der Waals surface area contributed by atoms with Crippen LogP contribution in [0.4, 0.5) is 5.69 Å². The van der Waals surface area contributed by atoms with E-state index in [0.29, 0.717) is 0 Å². The molecule has 5 heteroatoms. The van der Waals surface area contributed by atoms with Crippen molar-refractivity contribution >= 4 is 17.3 Å². The number of anilines is 1. The Bertz CT molecular complexity index is 257. The Kier molecular flexibility index (Phi) is 1.55. The van der Waals surface area contributed by atoms with Gasteiger partial charge in [0.25, 0.3) is 0 Å². The van der Waals surface area contributed by atoms with Gasteiger partial charge in [-0.3, -0.25) is 0 Å². The Labute approximate surface area is 64.4 Å². The molecule has 1 heterocycles. The molecule has 0 aromatic carbocycles. The van der Waals surface area contributed by atoms with Gasteiger partial charge in [0.15, 0.2) is 5.15 Å². The second-order valence-electron chi connectivity index (χ2n) is 1.53. The van der Waals surface area contributed by atoms with Crippen molar-refractivity contribution in [3.63, 3.8) is 0 Å². The van der Waals surface area contributed by atoms with E-state index in [1.807, 2.05) is 0 Å². The van der Waals surface area contributed by atoms with Crippen LogP contribution in [0.5, 0.6) is 5.88 Å². The van der Waals surface area contributed by atoms with Crippen molar-refractivity contribution in [2.45, 2.75) is 0 Å². The fourth-order valence-electron chi connectivity index (χ4n) is 0.474. The highest BCUT2D eigenvalue weighted by molar-refractivity contribution is 6.32. The molecule has 0 atom stereocenters. The maximum atomic E-state index is 6.73. The molecule has 0 radical (unpaired) electrons. The van der Waals surface area contributed by atoms with Gasteiger partial charge in [-0.05, 0) is 0 Å². The number of methoxy groups -OCH3 is 1. The summed E-state index contributed by atoms with van der Waals surface area (Å²) in [5, 5.41) is 0.142. The monoisotopic (exact) mass is 160 g/mol. The molecule has 0 saturated carbocycles. The highest BCUT2D eigenvalue weighted by Gasteiger charge is 2.03. The lowest BCUT2D eigenvalue weighted by atomic mass is 10.5. The molecule has 0 amide bonds. The molecule has 4 nitrogen and oxygen atoms in total. The van der Waals surface area contributed by atoms with Gasteiger partial charge in [0.1, 0.15) is 12.0 Å². The standard InChI is InChI=1S/C5H6ClN3O/c1-10-5-3(7)4(6)8-2-9-5/h2H,7H2,1H3/i1D. The van der Waals surface area contributed by atoms with Crippen LogP contribution in [0.2, 0.25) is 5.15 Å². The Balaban J connectivity index is 2.96. The molecule has 0 saturated heterocycles. The molecule has 0 aliphatic rings. The van der Waals surface area contributed by atoms with Gasteiger partial charge in [-0.1, -0.05) is 11.6 Å². The number of hydrogen-bond acceptors (Lipinski definition) is 4. The maximum Gasteiger partial charge on any atom is 0.241 e. The first-order chi connectivity index (χ1) is 5.25. The third-order valence-corrected chi connectivity index (χ3v) is 1.24. The molecule has 0 spiro atoms. The summed E-state index contributed by atoms with van der Waals surface area (Å²) >= 11 is 5.53. The lowest BCUT2D eigenvalue weighted by Gasteiger charge is -2.01. The molecule has 0 unspecified atom stereocenters. The number of ether oxygens (including phenoxy) is 1. The Morgan fingerprint density at radius 2 is 2.60 bits per heavy atom. The van der Waals surface area contributed by atoms with E-state index >= 15 is 0 Å². The zero-order valence-electron chi connectivity index (χ0n) is 6.04. The second kappa shape index (κ2) is 2.70. The molecule has 0 fully saturated rings. The Hall–Kier alpha value is -1.03. The van der Waals surface area contributed by atoms with Crippen molar-refractivity contribution in [3.05, 3.63) is 11.5 Å². The van der Waals surface area contributed by atoms with Gasteiger partial charge < -0.3 is 10.5 Å². The van der Waals surface area contributed by atoms with E-state index in [0.717, 1.165) is 0 Å². The van der Waals surface area contributed by atoms with Crippen LogP contribution in [0.3, 0.4) is 0 Å².